The summed E-state index contributed by atoms with van der Waals surface area (Å²) in [5.74, 6) is 0.278. The third-order valence-corrected chi connectivity index (χ3v) is 4.98. The number of hydrogen-bond acceptors (Lipinski definition) is 3. The van der Waals surface area contributed by atoms with Crippen LogP contribution in [-0.4, -0.2) is 16.6 Å². The molecule has 1 aromatic heterocycles. The summed E-state index contributed by atoms with van der Waals surface area (Å²) >= 11 is 0. The van der Waals surface area contributed by atoms with Crippen molar-refractivity contribution in [2.24, 2.45) is 0 Å². The molecule has 0 saturated carbocycles. The van der Waals surface area contributed by atoms with Crippen molar-refractivity contribution >= 4 is 10.9 Å². The van der Waals surface area contributed by atoms with E-state index in [0.29, 0.717) is 17.9 Å². The summed E-state index contributed by atoms with van der Waals surface area (Å²) in [6.07, 6.45) is 2.28. The summed E-state index contributed by atoms with van der Waals surface area (Å²) in [5.41, 5.74) is 3.89. The van der Waals surface area contributed by atoms with Crippen LogP contribution in [0.25, 0.3) is 22.0 Å². The van der Waals surface area contributed by atoms with Crippen LogP contribution in [0, 0.1) is 5.82 Å². The van der Waals surface area contributed by atoms with Gasteiger partial charge < -0.3 is 4.74 Å². The van der Waals surface area contributed by atoms with E-state index < -0.39 is 0 Å². The van der Waals surface area contributed by atoms with Gasteiger partial charge in [-0.3, -0.25) is 0 Å². The Labute approximate surface area is 163 Å². The van der Waals surface area contributed by atoms with Crippen molar-refractivity contribution in [1.29, 1.82) is 0 Å². The molecule has 3 aromatic carbocycles. The Kier molecular flexibility index (Phi) is 5.29. The quantitative estimate of drug-likeness (QED) is 0.416. The third-order valence-electron chi connectivity index (χ3n) is 4.98. The smallest absolute Gasteiger partial charge is 0.224 e. The molecule has 3 nitrogen and oxygen atoms in total. The lowest BCUT2D eigenvalue weighted by molar-refractivity contribution is 0.277. The number of aromatic nitrogens is 2. The van der Waals surface area contributed by atoms with E-state index in [1.807, 2.05) is 18.2 Å². The molecule has 140 valence electrons. The van der Waals surface area contributed by atoms with Crippen LogP contribution < -0.4 is 4.74 Å². The van der Waals surface area contributed by atoms with Gasteiger partial charge in [-0.15, -0.1) is 0 Å². The van der Waals surface area contributed by atoms with E-state index in [1.165, 1.54) is 29.1 Å². The molecule has 0 amide bonds. The van der Waals surface area contributed by atoms with Gasteiger partial charge in [-0.05, 0) is 35.2 Å². The highest BCUT2D eigenvalue weighted by molar-refractivity contribution is 5.83. The maximum absolute atomic E-state index is 13.9. The molecule has 4 rings (SSSR count). The Morgan fingerprint density at radius 1 is 0.857 bits per heavy atom. The molecule has 1 heterocycles. The number of fused-ring (bicyclic) bond motifs is 1. The summed E-state index contributed by atoms with van der Waals surface area (Å²) in [4.78, 5) is 8.22. The minimum Gasteiger partial charge on any atom is -0.476 e. The van der Waals surface area contributed by atoms with Gasteiger partial charge in [-0.2, -0.15) is 0 Å². The zero-order valence-corrected chi connectivity index (χ0v) is 15.7. The lowest BCUT2D eigenvalue weighted by Crippen LogP contribution is -2.11. The molecule has 4 heteroatoms. The molecule has 28 heavy (non-hydrogen) atoms. The zero-order valence-electron chi connectivity index (χ0n) is 15.7. The molecule has 0 aliphatic heterocycles. The van der Waals surface area contributed by atoms with Crippen LogP contribution in [-0.2, 0) is 0 Å². The molecule has 0 N–H and O–H groups in total. The molecule has 0 bridgehead atoms. The van der Waals surface area contributed by atoms with E-state index in [0.717, 1.165) is 6.42 Å². The molecule has 0 fully saturated rings. The Hall–Kier alpha value is -3.27. The Morgan fingerprint density at radius 3 is 2.36 bits per heavy atom. The van der Waals surface area contributed by atoms with Crippen molar-refractivity contribution in [3.63, 3.8) is 0 Å². The molecule has 0 radical (unpaired) electrons. The first kappa shape index (κ1) is 18.1. The molecular weight excluding hydrogens is 351 g/mol. The fourth-order valence-corrected chi connectivity index (χ4v) is 3.35. The maximum Gasteiger partial charge on any atom is 0.224 e. The molecule has 1 unspecified atom stereocenters. The standard InChI is InChI=1S/C24H21FN2O/c1-2-17(19-11-13-20(14-12-19)18-7-4-3-5-8-18)15-28-24-21-9-6-10-22(25)23(21)26-16-27-24/h3-14,16-17H,2,15H2,1H3. The van der Waals surface area contributed by atoms with Crippen LogP contribution in [0.5, 0.6) is 5.88 Å². The van der Waals surface area contributed by atoms with Crippen molar-refractivity contribution in [2.75, 3.05) is 6.61 Å². The van der Waals surface area contributed by atoms with Crippen LogP contribution in [0.2, 0.25) is 0 Å². The van der Waals surface area contributed by atoms with Gasteiger partial charge in [0.15, 0.2) is 0 Å². The predicted octanol–water partition coefficient (Wildman–Crippen LogP) is 6.01. The number of hydrogen-bond donors (Lipinski definition) is 0. The summed E-state index contributed by atoms with van der Waals surface area (Å²) in [7, 11) is 0. The fraction of sp³-hybridized carbons (Fsp3) is 0.167. The van der Waals surface area contributed by atoms with Gasteiger partial charge in [-0.1, -0.05) is 67.6 Å². The van der Waals surface area contributed by atoms with E-state index in [1.54, 1.807) is 12.1 Å². The second-order valence-electron chi connectivity index (χ2n) is 6.72. The second-order valence-corrected chi connectivity index (χ2v) is 6.72. The van der Waals surface area contributed by atoms with Crippen LogP contribution in [0.15, 0.2) is 79.1 Å². The first-order chi connectivity index (χ1) is 13.8. The Balaban J connectivity index is 1.52. The van der Waals surface area contributed by atoms with Gasteiger partial charge >= 0.3 is 0 Å². The van der Waals surface area contributed by atoms with Crippen molar-refractivity contribution < 1.29 is 9.13 Å². The number of benzene rings is 3. The summed E-state index contributed by atoms with van der Waals surface area (Å²) in [6.45, 7) is 2.61. The highest BCUT2D eigenvalue weighted by Crippen LogP contribution is 2.27. The lowest BCUT2D eigenvalue weighted by atomic mass is 9.95. The third kappa shape index (κ3) is 3.72. The monoisotopic (exact) mass is 372 g/mol. The summed E-state index contributed by atoms with van der Waals surface area (Å²) in [5, 5.41) is 0.594. The first-order valence-electron chi connectivity index (χ1n) is 9.43. The van der Waals surface area contributed by atoms with Crippen molar-refractivity contribution in [1.82, 2.24) is 9.97 Å². The zero-order chi connectivity index (χ0) is 19.3. The van der Waals surface area contributed by atoms with E-state index in [2.05, 4.69) is 53.3 Å². The van der Waals surface area contributed by atoms with Crippen molar-refractivity contribution in [2.45, 2.75) is 19.3 Å². The average molecular weight is 372 g/mol. The van der Waals surface area contributed by atoms with Gasteiger partial charge in [0.25, 0.3) is 0 Å². The Morgan fingerprint density at radius 2 is 1.61 bits per heavy atom. The molecule has 0 saturated heterocycles. The number of halogens is 1. The number of ether oxygens (including phenoxy) is 1. The van der Waals surface area contributed by atoms with E-state index >= 15 is 0 Å². The molecule has 1 atom stereocenters. The largest absolute Gasteiger partial charge is 0.476 e. The van der Waals surface area contributed by atoms with Crippen molar-refractivity contribution in [3.8, 4) is 17.0 Å². The van der Waals surface area contributed by atoms with Gasteiger partial charge in [0, 0.05) is 5.92 Å². The molecule has 0 aliphatic carbocycles. The maximum atomic E-state index is 13.9. The second kappa shape index (κ2) is 8.17. The summed E-state index contributed by atoms with van der Waals surface area (Å²) < 4.78 is 19.9. The number of para-hydroxylation sites is 1. The number of nitrogens with zero attached hydrogens (tertiary/aromatic N) is 2. The predicted molar refractivity (Wildman–Crippen MR) is 110 cm³/mol. The van der Waals surface area contributed by atoms with Crippen LogP contribution in [0.4, 0.5) is 4.39 Å². The highest BCUT2D eigenvalue weighted by Gasteiger charge is 2.14. The fourth-order valence-electron chi connectivity index (χ4n) is 3.35. The minimum atomic E-state index is -0.367. The molecule has 4 aromatic rings. The average Bonchev–Trinajstić information content (AvgIpc) is 2.76. The highest BCUT2D eigenvalue weighted by atomic mass is 19.1. The van der Waals surface area contributed by atoms with Gasteiger partial charge in [0.1, 0.15) is 17.7 Å². The van der Waals surface area contributed by atoms with Crippen LogP contribution in [0.3, 0.4) is 0 Å². The van der Waals surface area contributed by atoms with Crippen LogP contribution in [0.1, 0.15) is 24.8 Å². The number of rotatable bonds is 6. The molecular formula is C24H21FN2O. The van der Waals surface area contributed by atoms with Gasteiger partial charge in [-0.25, -0.2) is 14.4 Å². The van der Waals surface area contributed by atoms with E-state index in [4.69, 9.17) is 4.74 Å². The van der Waals surface area contributed by atoms with Crippen LogP contribution >= 0.6 is 0 Å². The topological polar surface area (TPSA) is 35.0 Å². The van der Waals surface area contributed by atoms with E-state index in [9.17, 15) is 4.39 Å². The first-order valence-corrected chi connectivity index (χ1v) is 9.43. The molecule has 0 aliphatic rings. The lowest BCUT2D eigenvalue weighted by Gasteiger charge is -2.17. The Bertz CT molecular complexity index is 1060. The normalized spacial score (nSPS) is 12.1. The minimum absolute atomic E-state index is 0.225. The van der Waals surface area contributed by atoms with Gasteiger partial charge in [0.2, 0.25) is 5.88 Å². The SMILES string of the molecule is CCC(COc1ncnc2c(F)cccc12)c1ccc(-c2ccccc2)cc1. The van der Waals surface area contributed by atoms with Gasteiger partial charge in [0.05, 0.1) is 12.0 Å². The van der Waals surface area contributed by atoms with E-state index in [-0.39, 0.29) is 17.3 Å². The van der Waals surface area contributed by atoms with Crippen molar-refractivity contribution in [3.05, 3.63) is 90.5 Å². The summed E-state index contributed by atoms with van der Waals surface area (Å²) in [6, 6.07) is 23.7. The molecule has 0 spiro atoms.